The summed E-state index contributed by atoms with van der Waals surface area (Å²) in [6.07, 6.45) is 4.80. The summed E-state index contributed by atoms with van der Waals surface area (Å²) >= 11 is 2.07. The van der Waals surface area contributed by atoms with Gasteiger partial charge in [-0.3, -0.25) is 0 Å². The van der Waals surface area contributed by atoms with Crippen LogP contribution in [0, 0.1) is 6.92 Å². The van der Waals surface area contributed by atoms with Gasteiger partial charge in [0.2, 0.25) is 0 Å². The van der Waals surface area contributed by atoms with Crippen LogP contribution >= 0.6 is 11.8 Å². The zero-order valence-corrected chi connectivity index (χ0v) is 10.3. The standard InChI is InChI=1S/C13H16N2S/c1-10-3-2-4-13-14-12(9-15(10)13)11-5-7-16-8-6-11/h2-4,9,11H,5-8H2,1H3. The van der Waals surface area contributed by atoms with Crippen LogP contribution in [0.3, 0.4) is 0 Å². The first-order chi connectivity index (χ1) is 7.84. The summed E-state index contributed by atoms with van der Waals surface area (Å²) in [4.78, 5) is 4.75. The van der Waals surface area contributed by atoms with Crippen molar-refractivity contribution < 1.29 is 0 Å². The molecule has 16 heavy (non-hydrogen) atoms. The summed E-state index contributed by atoms with van der Waals surface area (Å²) in [5.41, 5.74) is 3.64. The third-order valence-electron chi connectivity index (χ3n) is 3.35. The minimum absolute atomic E-state index is 0.681. The van der Waals surface area contributed by atoms with E-state index in [9.17, 15) is 0 Å². The molecular weight excluding hydrogens is 216 g/mol. The molecule has 0 radical (unpaired) electrons. The molecule has 0 N–H and O–H groups in total. The maximum absolute atomic E-state index is 4.75. The fourth-order valence-electron chi connectivity index (χ4n) is 2.36. The average molecular weight is 232 g/mol. The van der Waals surface area contributed by atoms with E-state index in [1.807, 2.05) is 0 Å². The number of rotatable bonds is 1. The Morgan fingerprint density at radius 3 is 2.88 bits per heavy atom. The Morgan fingerprint density at radius 1 is 1.31 bits per heavy atom. The molecule has 0 saturated carbocycles. The first-order valence-electron chi connectivity index (χ1n) is 5.87. The smallest absolute Gasteiger partial charge is 0.137 e. The van der Waals surface area contributed by atoms with E-state index in [1.54, 1.807) is 0 Å². The molecule has 0 atom stereocenters. The van der Waals surface area contributed by atoms with Crippen molar-refractivity contribution in [2.45, 2.75) is 25.7 Å². The van der Waals surface area contributed by atoms with Crippen molar-refractivity contribution in [3.63, 3.8) is 0 Å². The Labute approximate surface area is 100 Å². The van der Waals surface area contributed by atoms with Gasteiger partial charge in [-0.15, -0.1) is 0 Å². The van der Waals surface area contributed by atoms with E-state index in [1.165, 1.54) is 35.7 Å². The number of imidazole rings is 1. The van der Waals surface area contributed by atoms with Crippen molar-refractivity contribution in [1.29, 1.82) is 0 Å². The second kappa shape index (κ2) is 4.13. The maximum Gasteiger partial charge on any atom is 0.137 e. The molecule has 0 unspecified atom stereocenters. The number of hydrogen-bond donors (Lipinski definition) is 0. The van der Waals surface area contributed by atoms with Crippen molar-refractivity contribution in [1.82, 2.24) is 9.38 Å². The Balaban J connectivity index is 2.01. The van der Waals surface area contributed by atoms with Crippen molar-refractivity contribution in [2.75, 3.05) is 11.5 Å². The minimum Gasteiger partial charge on any atom is -0.304 e. The lowest BCUT2D eigenvalue weighted by molar-refractivity contribution is 0.623. The average Bonchev–Trinajstić information content (AvgIpc) is 2.76. The molecular formula is C13H16N2S. The lowest BCUT2D eigenvalue weighted by Crippen LogP contribution is -2.07. The highest BCUT2D eigenvalue weighted by atomic mass is 32.2. The van der Waals surface area contributed by atoms with Crippen molar-refractivity contribution in [3.05, 3.63) is 35.8 Å². The SMILES string of the molecule is Cc1cccc2nc(C3CCSCC3)cn12. The van der Waals surface area contributed by atoms with E-state index in [-0.39, 0.29) is 0 Å². The van der Waals surface area contributed by atoms with Crippen LogP contribution in [-0.4, -0.2) is 20.9 Å². The lowest BCUT2D eigenvalue weighted by Gasteiger charge is -2.18. The molecule has 3 heteroatoms. The van der Waals surface area contributed by atoms with E-state index >= 15 is 0 Å². The highest BCUT2D eigenvalue weighted by molar-refractivity contribution is 7.99. The first kappa shape index (κ1) is 10.2. The van der Waals surface area contributed by atoms with Crippen LogP contribution in [0.2, 0.25) is 0 Å². The Hall–Kier alpha value is -0.960. The van der Waals surface area contributed by atoms with Crippen LogP contribution in [0.1, 0.15) is 30.1 Å². The number of aromatic nitrogens is 2. The highest BCUT2D eigenvalue weighted by Gasteiger charge is 2.18. The van der Waals surface area contributed by atoms with Crippen molar-refractivity contribution in [3.8, 4) is 0 Å². The zero-order chi connectivity index (χ0) is 11.0. The van der Waals surface area contributed by atoms with Crippen molar-refractivity contribution >= 4 is 17.4 Å². The fourth-order valence-corrected chi connectivity index (χ4v) is 3.46. The molecule has 0 spiro atoms. The molecule has 1 saturated heterocycles. The number of aryl methyl sites for hydroxylation is 1. The third kappa shape index (κ3) is 1.73. The van der Waals surface area contributed by atoms with Crippen LogP contribution in [-0.2, 0) is 0 Å². The first-order valence-corrected chi connectivity index (χ1v) is 7.02. The molecule has 1 fully saturated rings. The number of pyridine rings is 1. The molecule has 84 valence electrons. The number of nitrogens with zero attached hydrogens (tertiary/aromatic N) is 2. The van der Waals surface area contributed by atoms with Crippen LogP contribution < -0.4 is 0 Å². The van der Waals surface area contributed by atoms with Crippen LogP contribution in [0.5, 0.6) is 0 Å². The van der Waals surface area contributed by atoms with E-state index < -0.39 is 0 Å². The number of thioether (sulfide) groups is 1. The second-order valence-corrected chi connectivity index (χ2v) is 5.67. The summed E-state index contributed by atoms with van der Waals surface area (Å²) in [6.45, 7) is 2.13. The Kier molecular flexibility index (Phi) is 2.64. The summed E-state index contributed by atoms with van der Waals surface area (Å²) in [5, 5.41) is 0. The van der Waals surface area contributed by atoms with Gasteiger partial charge in [0.05, 0.1) is 5.69 Å². The van der Waals surface area contributed by atoms with Gasteiger partial charge in [-0.05, 0) is 43.4 Å². The largest absolute Gasteiger partial charge is 0.304 e. The topological polar surface area (TPSA) is 17.3 Å². The van der Waals surface area contributed by atoms with E-state index in [4.69, 9.17) is 4.98 Å². The predicted octanol–water partition coefficient (Wildman–Crippen LogP) is 3.25. The van der Waals surface area contributed by atoms with Crippen LogP contribution in [0.25, 0.3) is 5.65 Å². The van der Waals surface area contributed by atoms with Gasteiger partial charge in [-0.2, -0.15) is 11.8 Å². The fraction of sp³-hybridized carbons (Fsp3) is 0.462. The van der Waals surface area contributed by atoms with Gasteiger partial charge >= 0.3 is 0 Å². The number of hydrogen-bond acceptors (Lipinski definition) is 2. The van der Waals surface area contributed by atoms with Crippen LogP contribution in [0.4, 0.5) is 0 Å². The maximum atomic E-state index is 4.75. The molecule has 3 heterocycles. The van der Waals surface area contributed by atoms with Gasteiger partial charge in [-0.25, -0.2) is 4.98 Å². The quantitative estimate of drug-likeness (QED) is 0.751. The Bertz CT molecular complexity index is 498. The van der Waals surface area contributed by atoms with Gasteiger partial charge in [0.1, 0.15) is 5.65 Å². The van der Waals surface area contributed by atoms with Gasteiger partial charge in [0.15, 0.2) is 0 Å². The Morgan fingerprint density at radius 2 is 2.12 bits per heavy atom. The molecule has 0 aromatic carbocycles. The molecule has 1 aliphatic rings. The molecule has 0 aliphatic carbocycles. The molecule has 3 rings (SSSR count). The highest BCUT2D eigenvalue weighted by Crippen LogP contribution is 2.31. The summed E-state index contributed by atoms with van der Waals surface area (Å²) in [7, 11) is 0. The van der Waals surface area contributed by atoms with Gasteiger partial charge < -0.3 is 4.40 Å². The molecule has 2 nitrogen and oxygen atoms in total. The van der Waals surface area contributed by atoms with Gasteiger partial charge in [0.25, 0.3) is 0 Å². The number of fused-ring (bicyclic) bond motifs is 1. The summed E-state index contributed by atoms with van der Waals surface area (Å²) < 4.78 is 2.21. The summed E-state index contributed by atoms with van der Waals surface area (Å²) in [5.74, 6) is 3.26. The van der Waals surface area contributed by atoms with Gasteiger partial charge in [-0.1, -0.05) is 6.07 Å². The van der Waals surface area contributed by atoms with Gasteiger partial charge in [0, 0.05) is 17.8 Å². The molecule has 0 amide bonds. The minimum atomic E-state index is 0.681. The third-order valence-corrected chi connectivity index (χ3v) is 4.40. The summed E-state index contributed by atoms with van der Waals surface area (Å²) in [6, 6.07) is 6.31. The van der Waals surface area contributed by atoms with Crippen molar-refractivity contribution in [2.24, 2.45) is 0 Å². The van der Waals surface area contributed by atoms with E-state index in [0.29, 0.717) is 5.92 Å². The zero-order valence-electron chi connectivity index (χ0n) is 9.52. The predicted molar refractivity (Wildman–Crippen MR) is 69.2 cm³/mol. The molecule has 0 bridgehead atoms. The molecule has 2 aromatic rings. The van der Waals surface area contributed by atoms with Crippen LogP contribution in [0.15, 0.2) is 24.4 Å². The van der Waals surface area contributed by atoms with E-state index in [0.717, 1.165) is 5.65 Å². The normalized spacial score (nSPS) is 18.1. The monoisotopic (exact) mass is 232 g/mol. The molecule has 1 aliphatic heterocycles. The molecule has 2 aromatic heterocycles. The second-order valence-electron chi connectivity index (χ2n) is 4.45. The lowest BCUT2D eigenvalue weighted by atomic mass is 10.00. The van der Waals surface area contributed by atoms with E-state index in [2.05, 4.69) is 47.5 Å².